The van der Waals surface area contributed by atoms with Gasteiger partial charge in [0, 0.05) is 5.39 Å². The van der Waals surface area contributed by atoms with Crippen LogP contribution in [0, 0.1) is 11.3 Å². The highest BCUT2D eigenvalue weighted by molar-refractivity contribution is 6.32. The van der Waals surface area contributed by atoms with Gasteiger partial charge in [-0.15, -0.1) is 0 Å². The summed E-state index contributed by atoms with van der Waals surface area (Å²) in [6, 6.07) is 13.2. The molecule has 29 heavy (non-hydrogen) atoms. The minimum atomic E-state index is -0.451. The topological polar surface area (TPSA) is 90.9 Å². The quantitative estimate of drug-likeness (QED) is 0.673. The molecule has 1 heterocycles. The number of aliphatic hydroxyl groups is 1. The lowest BCUT2D eigenvalue weighted by Gasteiger charge is -2.20. The predicted molar refractivity (Wildman–Crippen MR) is 112 cm³/mol. The number of nitrogens with one attached hydrogen (secondary N) is 1. The number of aromatic nitrogens is 2. The number of nitrogens with zero attached hydrogens (tertiary/aromatic N) is 3. The number of anilines is 1. The van der Waals surface area contributed by atoms with Crippen molar-refractivity contribution in [2.45, 2.75) is 37.1 Å². The lowest BCUT2D eigenvalue weighted by atomic mass is 10.0. The number of aliphatic hydroxyl groups excluding tert-OH is 1. The van der Waals surface area contributed by atoms with Crippen molar-refractivity contribution in [3.8, 4) is 11.8 Å². The van der Waals surface area contributed by atoms with Crippen LogP contribution in [-0.4, -0.2) is 26.8 Å². The van der Waals surface area contributed by atoms with Crippen LogP contribution in [0.3, 0.4) is 0 Å². The zero-order valence-corrected chi connectivity index (χ0v) is 16.4. The minimum absolute atomic E-state index is 0.0327. The van der Waals surface area contributed by atoms with Gasteiger partial charge in [-0.1, -0.05) is 23.7 Å². The largest absolute Gasteiger partial charge is 0.394 e. The summed E-state index contributed by atoms with van der Waals surface area (Å²) in [7, 11) is 0. The molecule has 0 bridgehead atoms. The number of rotatable bonds is 5. The summed E-state index contributed by atoms with van der Waals surface area (Å²) in [5, 5.41) is 23.8. The predicted octanol–water partition coefficient (Wildman–Crippen LogP) is 3.72. The maximum atomic E-state index is 13.1. The van der Waals surface area contributed by atoms with Crippen molar-refractivity contribution in [1.82, 2.24) is 9.55 Å². The Kier molecular flexibility index (Phi) is 4.12. The first kappa shape index (κ1) is 18.2. The number of halogens is 1. The third-order valence-electron chi connectivity index (χ3n) is 5.83. The summed E-state index contributed by atoms with van der Waals surface area (Å²) in [6.45, 7) is -0.0327. The summed E-state index contributed by atoms with van der Waals surface area (Å²) in [6.07, 6.45) is 3.71. The van der Waals surface area contributed by atoms with Crippen LogP contribution >= 0.6 is 11.6 Å². The van der Waals surface area contributed by atoms with Gasteiger partial charge in [0.15, 0.2) is 0 Å². The number of para-hydroxylation sites is 1. The molecule has 2 N–H and O–H groups in total. The Morgan fingerprint density at radius 2 is 2.07 bits per heavy atom. The molecule has 3 aromatic rings. The molecule has 7 heteroatoms. The molecule has 0 saturated heterocycles. The number of fused-ring (bicyclic) bond motifs is 1. The van der Waals surface area contributed by atoms with Gasteiger partial charge in [-0.2, -0.15) is 10.2 Å². The summed E-state index contributed by atoms with van der Waals surface area (Å²) < 4.78 is 1.51. The van der Waals surface area contributed by atoms with Gasteiger partial charge in [-0.25, -0.2) is 4.79 Å². The highest BCUT2D eigenvalue weighted by Crippen LogP contribution is 2.44. The Labute approximate surface area is 172 Å². The number of hydrogen-bond acceptors (Lipinski definition) is 5. The molecule has 2 aliphatic carbocycles. The average Bonchev–Trinajstić information content (AvgIpc) is 3.64. The van der Waals surface area contributed by atoms with Crippen LogP contribution in [-0.2, 0) is 0 Å². The fourth-order valence-electron chi connectivity index (χ4n) is 3.80. The molecule has 2 aliphatic rings. The van der Waals surface area contributed by atoms with Crippen LogP contribution < -0.4 is 11.0 Å². The van der Waals surface area contributed by atoms with Crippen molar-refractivity contribution in [2.75, 3.05) is 11.9 Å². The SMILES string of the molecule is N#Cc1cc2c(NC3(CO)CC3)nc(=O)n(-c3ccccc3Cl)c2cc1C1CC1. The van der Waals surface area contributed by atoms with Crippen LogP contribution in [0.25, 0.3) is 16.6 Å². The fraction of sp³-hybridized carbons (Fsp3) is 0.318. The van der Waals surface area contributed by atoms with E-state index in [1.165, 1.54) is 4.57 Å². The van der Waals surface area contributed by atoms with E-state index in [2.05, 4.69) is 16.4 Å². The van der Waals surface area contributed by atoms with Crippen molar-refractivity contribution in [2.24, 2.45) is 0 Å². The molecule has 0 spiro atoms. The summed E-state index contributed by atoms with van der Waals surface area (Å²) in [5.41, 5.74) is 1.88. The molecule has 2 saturated carbocycles. The third kappa shape index (κ3) is 3.07. The normalized spacial score (nSPS) is 17.1. The van der Waals surface area contributed by atoms with Crippen LogP contribution in [0.5, 0.6) is 0 Å². The molecule has 6 nitrogen and oxygen atoms in total. The molecule has 0 atom stereocenters. The van der Waals surface area contributed by atoms with E-state index in [9.17, 15) is 15.2 Å². The summed E-state index contributed by atoms with van der Waals surface area (Å²) in [4.78, 5) is 17.4. The second-order valence-electron chi connectivity index (χ2n) is 7.94. The van der Waals surface area contributed by atoms with Crippen LogP contribution in [0.15, 0.2) is 41.2 Å². The lowest BCUT2D eigenvalue weighted by Crippen LogP contribution is -2.30. The Morgan fingerprint density at radius 1 is 1.31 bits per heavy atom. The molecule has 0 unspecified atom stereocenters. The fourth-order valence-corrected chi connectivity index (χ4v) is 4.02. The Bertz CT molecular complexity index is 1240. The van der Waals surface area contributed by atoms with Gasteiger partial charge in [-0.3, -0.25) is 4.57 Å². The first-order valence-electron chi connectivity index (χ1n) is 9.70. The Balaban J connectivity index is 1.82. The highest BCUT2D eigenvalue weighted by Gasteiger charge is 2.43. The van der Waals surface area contributed by atoms with Crippen molar-refractivity contribution in [1.29, 1.82) is 5.26 Å². The van der Waals surface area contributed by atoms with E-state index >= 15 is 0 Å². The van der Waals surface area contributed by atoms with Gasteiger partial charge in [0.05, 0.1) is 40.0 Å². The molecule has 2 aromatic carbocycles. The molecule has 146 valence electrons. The summed E-state index contributed by atoms with van der Waals surface area (Å²) in [5.74, 6) is 0.749. The molecule has 0 radical (unpaired) electrons. The third-order valence-corrected chi connectivity index (χ3v) is 6.15. The second-order valence-corrected chi connectivity index (χ2v) is 8.34. The van der Waals surface area contributed by atoms with Crippen molar-refractivity contribution in [3.05, 3.63) is 63.0 Å². The van der Waals surface area contributed by atoms with Gasteiger partial charge >= 0.3 is 5.69 Å². The molecule has 2 fully saturated rings. The highest BCUT2D eigenvalue weighted by atomic mass is 35.5. The molecular formula is C22H19ClN4O2. The van der Waals surface area contributed by atoms with E-state index in [-0.39, 0.29) is 6.61 Å². The van der Waals surface area contributed by atoms with Gasteiger partial charge < -0.3 is 10.4 Å². The van der Waals surface area contributed by atoms with E-state index in [0.717, 1.165) is 31.2 Å². The standard InChI is InChI=1S/C22H19ClN4O2/c23-17-3-1-2-4-18(17)27-19-10-15(13-5-6-13)14(11-24)9-16(19)20(25-21(27)29)26-22(12-28)7-8-22/h1-4,9-10,13,28H,5-8,12H2,(H,25,26,29). The van der Waals surface area contributed by atoms with Gasteiger partial charge in [0.25, 0.3) is 0 Å². The van der Waals surface area contributed by atoms with E-state index < -0.39 is 11.2 Å². The molecular weight excluding hydrogens is 388 g/mol. The van der Waals surface area contributed by atoms with E-state index in [1.54, 1.807) is 18.2 Å². The minimum Gasteiger partial charge on any atom is -0.394 e. The zero-order valence-electron chi connectivity index (χ0n) is 15.7. The summed E-state index contributed by atoms with van der Waals surface area (Å²) >= 11 is 6.39. The molecule has 0 aliphatic heterocycles. The molecule has 5 rings (SSSR count). The van der Waals surface area contributed by atoms with Gasteiger partial charge in [-0.05, 0) is 61.4 Å². The first-order valence-corrected chi connectivity index (χ1v) is 10.1. The number of nitriles is 1. The maximum Gasteiger partial charge on any atom is 0.354 e. The monoisotopic (exact) mass is 406 g/mol. The first-order chi connectivity index (χ1) is 14.0. The van der Waals surface area contributed by atoms with E-state index in [1.807, 2.05) is 18.2 Å². The molecule has 0 amide bonds. The average molecular weight is 407 g/mol. The zero-order chi connectivity index (χ0) is 20.2. The van der Waals surface area contributed by atoms with Crippen molar-refractivity contribution >= 4 is 28.3 Å². The van der Waals surface area contributed by atoms with E-state index in [4.69, 9.17) is 11.6 Å². The van der Waals surface area contributed by atoms with Crippen LogP contribution in [0.4, 0.5) is 5.82 Å². The Hall–Kier alpha value is -2.88. The number of benzene rings is 2. The Morgan fingerprint density at radius 3 is 2.69 bits per heavy atom. The van der Waals surface area contributed by atoms with Crippen LogP contribution in [0.1, 0.15) is 42.7 Å². The van der Waals surface area contributed by atoms with Gasteiger partial charge in [0.1, 0.15) is 5.82 Å². The number of hydrogen-bond donors (Lipinski definition) is 2. The molecule has 1 aromatic heterocycles. The lowest BCUT2D eigenvalue weighted by molar-refractivity contribution is 0.266. The second kappa shape index (κ2) is 6.58. The van der Waals surface area contributed by atoms with Gasteiger partial charge in [0.2, 0.25) is 0 Å². The van der Waals surface area contributed by atoms with Crippen LogP contribution in [0.2, 0.25) is 5.02 Å². The van der Waals surface area contributed by atoms with Crippen molar-refractivity contribution in [3.63, 3.8) is 0 Å². The maximum absolute atomic E-state index is 13.1. The smallest absolute Gasteiger partial charge is 0.354 e. The van der Waals surface area contributed by atoms with Crippen molar-refractivity contribution < 1.29 is 5.11 Å². The van der Waals surface area contributed by atoms with E-state index in [0.29, 0.717) is 38.9 Å².